The first-order valence-corrected chi connectivity index (χ1v) is 11.5. The molecule has 0 saturated heterocycles. The first-order chi connectivity index (χ1) is 13.4. The zero-order chi connectivity index (χ0) is 22.2. The van der Waals surface area contributed by atoms with Gasteiger partial charge in [0.2, 0.25) is 0 Å². The molecule has 0 aliphatic rings. The topological polar surface area (TPSA) is 110 Å². The Bertz CT molecular complexity index is 798. The van der Waals surface area contributed by atoms with Gasteiger partial charge in [0, 0.05) is 23.9 Å². The highest BCUT2D eigenvalue weighted by Crippen LogP contribution is 2.08. The first-order valence-electron chi connectivity index (χ1n) is 9.43. The molecule has 1 aromatic rings. The second-order valence-electron chi connectivity index (χ2n) is 7.41. The number of nitrogens with zero attached hydrogens (tertiary/aromatic N) is 1. The van der Waals surface area contributed by atoms with Crippen molar-refractivity contribution in [2.45, 2.75) is 52.2 Å². The Morgan fingerprint density at radius 3 is 2.07 bits per heavy atom. The summed E-state index contributed by atoms with van der Waals surface area (Å²) in [5, 5.41) is 2.50. The smallest absolute Gasteiger partial charge is 0.329 e. The Morgan fingerprint density at radius 2 is 1.59 bits per heavy atom. The maximum atomic E-state index is 12.5. The van der Waals surface area contributed by atoms with Crippen molar-refractivity contribution in [2.75, 3.05) is 18.6 Å². The van der Waals surface area contributed by atoms with Crippen molar-refractivity contribution < 1.29 is 27.5 Å². The molecule has 1 rings (SSSR count). The van der Waals surface area contributed by atoms with Gasteiger partial charge in [-0.15, -0.1) is 0 Å². The van der Waals surface area contributed by atoms with Crippen molar-refractivity contribution in [1.29, 1.82) is 0 Å². The Kier molecular flexibility index (Phi) is 9.29. The molecule has 162 valence electrons. The summed E-state index contributed by atoms with van der Waals surface area (Å²) in [6.45, 7) is 6.94. The summed E-state index contributed by atoms with van der Waals surface area (Å²) in [6, 6.07) is 6.90. The van der Waals surface area contributed by atoms with Crippen LogP contribution in [0.1, 0.15) is 44.5 Å². The molecule has 0 radical (unpaired) electrons. The van der Waals surface area contributed by atoms with E-state index in [4.69, 9.17) is 4.74 Å². The number of benzene rings is 1. The molecule has 0 spiro atoms. The third-order valence-electron chi connectivity index (χ3n) is 4.14. The fourth-order valence-corrected chi connectivity index (χ4v) is 3.56. The number of nitrogens with one attached hydrogen (secondary N) is 1. The molecule has 0 heterocycles. The predicted molar refractivity (Wildman–Crippen MR) is 110 cm³/mol. The Labute approximate surface area is 172 Å². The van der Waals surface area contributed by atoms with Crippen molar-refractivity contribution in [3.63, 3.8) is 0 Å². The molecular weight excluding hydrogens is 396 g/mol. The van der Waals surface area contributed by atoms with Crippen LogP contribution in [-0.4, -0.2) is 67.8 Å². The molecule has 1 N–H and O–H groups in total. The standard InChI is InChI=1S/C20H30N2O6S/c1-14(2)22(15(3)4)18(23)13-28-20(25)17(11-12-29(5,26)27)21-19(24)16-9-7-6-8-10-16/h6-10,14-15,17H,11-13H2,1-5H3,(H,21,24)/t17-/m0/s1. The van der Waals surface area contributed by atoms with Crippen molar-refractivity contribution in [3.8, 4) is 0 Å². The lowest BCUT2D eigenvalue weighted by Crippen LogP contribution is -2.46. The molecule has 0 aliphatic carbocycles. The lowest BCUT2D eigenvalue weighted by atomic mass is 10.1. The minimum absolute atomic E-state index is 0.0694. The Balaban J connectivity index is 2.84. The third kappa shape index (κ3) is 8.64. The molecule has 8 nitrogen and oxygen atoms in total. The van der Waals surface area contributed by atoms with E-state index in [-0.39, 0.29) is 30.2 Å². The molecule has 9 heteroatoms. The minimum Gasteiger partial charge on any atom is -0.454 e. The van der Waals surface area contributed by atoms with Crippen molar-refractivity contribution in [2.24, 2.45) is 0 Å². The Hall–Kier alpha value is -2.42. The van der Waals surface area contributed by atoms with Crippen molar-refractivity contribution >= 4 is 27.6 Å². The Morgan fingerprint density at radius 1 is 1.03 bits per heavy atom. The number of amides is 2. The number of hydrogen-bond acceptors (Lipinski definition) is 6. The molecular formula is C20H30N2O6S. The number of sulfone groups is 1. The van der Waals surface area contributed by atoms with Gasteiger partial charge >= 0.3 is 5.97 Å². The lowest BCUT2D eigenvalue weighted by Gasteiger charge is -2.30. The quantitative estimate of drug-likeness (QED) is 0.567. The summed E-state index contributed by atoms with van der Waals surface area (Å²) in [5.41, 5.74) is 0.325. The highest BCUT2D eigenvalue weighted by Gasteiger charge is 2.27. The summed E-state index contributed by atoms with van der Waals surface area (Å²) in [7, 11) is -3.35. The van der Waals surface area contributed by atoms with Gasteiger partial charge in [-0.25, -0.2) is 13.2 Å². The van der Waals surface area contributed by atoms with Gasteiger partial charge in [0.1, 0.15) is 15.9 Å². The van der Waals surface area contributed by atoms with Crippen LogP contribution in [-0.2, 0) is 24.2 Å². The number of carbonyl (C=O) groups excluding carboxylic acids is 3. The number of hydrogen-bond donors (Lipinski definition) is 1. The van der Waals surface area contributed by atoms with Crippen LogP contribution >= 0.6 is 0 Å². The highest BCUT2D eigenvalue weighted by atomic mass is 32.2. The van der Waals surface area contributed by atoms with Crippen LogP contribution in [0.5, 0.6) is 0 Å². The van der Waals surface area contributed by atoms with E-state index in [1.807, 2.05) is 27.7 Å². The van der Waals surface area contributed by atoms with E-state index >= 15 is 0 Å². The van der Waals surface area contributed by atoms with E-state index < -0.39 is 34.4 Å². The SMILES string of the molecule is CC(C)N(C(=O)COC(=O)[C@H](CCS(C)(=O)=O)NC(=O)c1ccccc1)C(C)C. The van der Waals surface area contributed by atoms with Gasteiger partial charge < -0.3 is 15.0 Å². The normalized spacial score (nSPS) is 12.5. The molecule has 1 atom stereocenters. The summed E-state index contributed by atoms with van der Waals surface area (Å²) < 4.78 is 28.1. The second kappa shape index (κ2) is 10.9. The van der Waals surface area contributed by atoms with E-state index in [0.717, 1.165) is 6.26 Å². The maximum Gasteiger partial charge on any atom is 0.329 e. The molecule has 29 heavy (non-hydrogen) atoms. The van der Waals surface area contributed by atoms with E-state index in [9.17, 15) is 22.8 Å². The number of ether oxygens (including phenoxy) is 1. The van der Waals surface area contributed by atoms with E-state index in [0.29, 0.717) is 5.56 Å². The molecule has 0 bridgehead atoms. The number of rotatable bonds is 10. The molecule has 2 amide bonds. The highest BCUT2D eigenvalue weighted by molar-refractivity contribution is 7.90. The fourth-order valence-electron chi connectivity index (χ4n) is 2.89. The zero-order valence-electron chi connectivity index (χ0n) is 17.5. The fraction of sp³-hybridized carbons (Fsp3) is 0.550. The van der Waals surface area contributed by atoms with Crippen LogP contribution in [0.3, 0.4) is 0 Å². The van der Waals surface area contributed by atoms with Gasteiger partial charge in [0.15, 0.2) is 6.61 Å². The van der Waals surface area contributed by atoms with Crippen molar-refractivity contribution in [3.05, 3.63) is 35.9 Å². The van der Waals surface area contributed by atoms with Gasteiger partial charge in [0.05, 0.1) is 5.75 Å². The predicted octanol–water partition coefficient (Wildman–Crippen LogP) is 1.41. The van der Waals surface area contributed by atoms with Gasteiger partial charge in [-0.2, -0.15) is 0 Å². The second-order valence-corrected chi connectivity index (χ2v) is 9.67. The molecule has 0 aromatic heterocycles. The van der Waals surface area contributed by atoms with Gasteiger partial charge in [-0.1, -0.05) is 18.2 Å². The molecule has 0 fully saturated rings. The van der Waals surface area contributed by atoms with Crippen LogP contribution in [0.25, 0.3) is 0 Å². The van der Waals surface area contributed by atoms with Crippen molar-refractivity contribution in [1.82, 2.24) is 10.2 Å². The number of carbonyl (C=O) groups is 3. The molecule has 0 saturated carbocycles. The van der Waals surface area contributed by atoms with Crippen LogP contribution in [0.15, 0.2) is 30.3 Å². The zero-order valence-corrected chi connectivity index (χ0v) is 18.4. The van der Waals surface area contributed by atoms with Gasteiger partial charge in [0.25, 0.3) is 11.8 Å². The summed E-state index contributed by atoms with van der Waals surface area (Å²) in [5.74, 6) is -2.04. The summed E-state index contributed by atoms with van der Waals surface area (Å²) in [6.07, 6.45) is 0.892. The molecule has 0 unspecified atom stereocenters. The average molecular weight is 427 g/mol. The first kappa shape index (κ1) is 24.6. The van der Waals surface area contributed by atoms with Crippen LogP contribution in [0.4, 0.5) is 0 Å². The summed E-state index contributed by atoms with van der Waals surface area (Å²) >= 11 is 0. The minimum atomic E-state index is -3.35. The van der Waals surface area contributed by atoms with Gasteiger partial charge in [-0.05, 0) is 46.2 Å². The van der Waals surface area contributed by atoms with Gasteiger partial charge in [-0.3, -0.25) is 9.59 Å². The monoisotopic (exact) mass is 426 g/mol. The van der Waals surface area contributed by atoms with Crippen LogP contribution in [0, 0.1) is 0 Å². The molecule has 0 aliphatic heterocycles. The largest absolute Gasteiger partial charge is 0.454 e. The lowest BCUT2D eigenvalue weighted by molar-refractivity contribution is -0.155. The maximum absolute atomic E-state index is 12.5. The van der Waals surface area contributed by atoms with E-state index in [2.05, 4.69) is 5.32 Å². The average Bonchev–Trinajstić information content (AvgIpc) is 2.62. The van der Waals surface area contributed by atoms with Crippen LogP contribution < -0.4 is 5.32 Å². The van der Waals surface area contributed by atoms with E-state index in [1.54, 1.807) is 35.2 Å². The third-order valence-corrected chi connectivity index (χ3v) is 5.12. The van der Waals surface area contributed by atoms with Crippen LogP contribution in [0.2, 0.25) is 0 Å². The molecule has 1 aromatic carbocycles. The van der Waals surface area contributed by atoms with E-state index in [1.165, 1.54) is 0 Å². The number of esters is 1. The summed E-state index contributed by atoms with van der Waals surface area (Å²) in [4.78, 5) is 38.8.